The Bertz CT molecular complexity index is 486. The topological polar surface area (TPSA) is 139 Å². The van der Waals surface area contributed by atoms with Gasteiger partial charge in [-0.3, -0.25) is 14.1 Å². The zero-order valence-electron chi connectivity index (χ0n) is 9.02. The van der Waals surface area contributed by atoms with Crippen molar-refractivity contribution in [3.8, 4) is 0 Å². The van der Waals surface area contributed by atoms with E-state index in [0.717, 1.165) is 13.1 Å². The molecule has 2 atom stereocenters. The van der Waals surface area contributed by atoms with Crippen LogP contribution in [0.1, 0.15) is 6.92 Å². The maximum absolute atomic E-state index is 11.5. The van der Waals surface area contributed by atoms with Crippen molar-refractivity contribution in [1.82, 2.24) is 4.31 Å². The quantitative estimate of drug-likeness (QED) is 0.195. The van der Waals surface area contributed by atoms with E-state index in [2.05, 4.69) is 9.99 Å². The third-order valence-electron chi connectivity index (χ3n) is 2.41. The second kappa shape index (κ2) is 4.05. The summed E-state index contributed by atoms with van der Waals surface area (Å²) in [5.41, 5.74) is 3.45. The third kappa shape index (κ3) is 1.90. The Balaban J connectivity index is 3.19. The first kappa shape index (κ1) is 13.5. The van der Waals surface area contributed by atoms with E-state index in [1.807, 2.05) is 0 Å². The monoisotopic (exact) mass is 265 g/mol. The molecule has 0 saturated carbocycles. The first-order valence-corrected chi connectivity index (χ1v) is 5.75. The predicted octanol–water partition coefficient (Wildman–Crippen LogP) is -2.08. The molecule has 0 aromatic rings. The standard InChI is InChI=1S/C7H11N3O6S/c1-4(11)7(8)5(3-9-16-2)10(6(7)12)17(13,14)15/h3,5H,8H2,1-2H3,(H,13,14,15). The van der Waals surface area contributed by atoms with Gasteiger partial charge in [0.25, 0.3) is 5.91 Å². The zero-order chi connectivity index (χ0) is 13.4. The van der Waals surface area contributed by atoms with Gasteiger partial charge in [-0.05, 0) is 6.92 Å². The van der Waals surface area contributed by atoms with Crippen molar-refractivity contribution >= 4 is 28.2 Å². The summed E-state index contributed by atoms with van der Waals surface area (Å²) < 4.78 is 30.7. The Labute approximate surface area is 97.1 Å². The van der Waals surface area contributed by atoms with E-state index in [1.54, 1.807) is 0 Å². The summed E-state index contributed by atoms with van der Waals surface area (Å²) in [6.07, 6.45) is 0.858. The van der Waals surface area contributed by atoms with Gasteiger partial charge in [-0.15, -0.1) is 0 Å². The van der Waals surface area contributed by atoms with E-state index < -0.39 is 33.6 Å². The number of rotatable bonds is 4. The third-order valence-corrected chi connectivity index (χ3v) is 3.30. The molecule has 1 amide bonds. The fraction of sp³-hybridized carbons (Fsp3) is 0.571. The minimum absolute atomic E-state index is 0.0664. The van der Waals surface area contributed by atoms with Crippen molar-refractivity contribution in [1.29, 1.82) is 0 Å². The van der Waals surface area contributed by atoms with Gasteiger partial charge in [0.05, 0.1) is 6.21 Å². The van der Waals surface area contributed by atoms with Crippen LogP contribution >= 0.6 is 0 Å². The molecular weight excluding hydrogens is 254 g/mol. The van der Waals surface area contributed by atoms with Crippen molar-refractivity contribution in [3.05, 3.63) is 0 Å². The van der Waals surface area contributed by atoms with Gasteiger partial charge in [0.1, 0.15) is 13.2 Å². The molecule has 0 aromatic carbocycles. The molecule has 0 bridgehead atoms. The highest BCUT2D eigenvalue weighted by atomic mass is 32.2. The second-order valence-corrected chi connectivity index (χ2v) is 4.67. The lowest BCUT2D eigenvalue weighted by Gasteiger charge is -2.47. The first-order chi connectivity index (χ1) is 7.67. The van der Waals surface area contributed by atoms with Gasteiger partial charge in [0.2, 0.25) is 0 Å². The molecule has 9 nitrogen and oxygen atoms in total. The average molecular weight is 265 g/mol. The fourth-order valence-corrected chi connectivity index (χ4v) is 2.33. The Morgan fingerprint density at radius 2 is 2.24 bits per heavy atom. The molecule has 17 heavy (non-hydrogen) atoms. The number of β-lactam (4-membered cyclic amide) rings is 1. The Morgan fingerprint density at radius 3 is 2.59 bits per heavy atom. The summed E-state index contributed by atoms with van der Waals surface area (Å²) in [5, 5.41) is 3.24. The molecule has 1 aliphatic heterocycles. The minimum atomic E-state index is -4.79. The van der Waals surface area contributed by atoms with E-state index in [4.69, 9.17) is 10.3 Å². The summed E-state index contributed by atoms with van der Waals surface area (Å²) in [4.78, 5) is 27.0. The number of carbonyl (C=O) groups excluding carboxylic acids is 2. The SMILES string of the molecule is CON=CC1N(S(=O)(=O)O)C(=O)C1(N)C(C)=O. The number of hydrogen-bond acceptors (Lipinski definition) is 7. The van der Waals surface area contributed by atoms with Crippen LogP contribution < -0.4 is 5.73 Å². The molecule has 3 N–H and O–H groups in total. The second-order valence-electron chi connectivity index (χ2n) is 3.39. The highest BCUT2D eigenvalue weighted by Crippen LogP contribution is 2.31. The molecule has 96 valence electrons. The van der Waals surface area contributed by atoms with Gasteiger partial charge >= 0.3 is 10.3 Å². The molecular formula is C7H11N3O6S. The van der Waals surface area contributed by atoms with Crippen molar-refractivity contribution in [2.45, 2.75) is 18.5 Å². The first-order valence-electron chi connectivity index (χ1n) is 4.35. The van der Waals surface area contributed by atoms with Crippen molar-refractivity contribution < 1.29 is 27.4 Å². The van der Waals surface area contributed by atoms with Gasteiger partial charge in [0, 0.05) is 0 Å². The zero-order valence-corrected chi connectivity index (χ0v) is 9.84. The molecule has 1 heterocycles. The molecule has 1 rings (SSSR count). The van der Waals surface area contributed by atoms with E-state index in [0.29, 0.717) is 0 Å². The van der Waals surface area contributed by atoms with Gasteiger partial charge in [-0.2, -0.15) is 8.42 Å². The number of Topliss-reactive ketones (excluding diaryl/α,β-unsaturated/α-hetero) is 1. The van der Waals surface area contributed by atoms with Crippen molar-refractivity contribution in [2.75, 3.05) is 7.11 Å². The lowest BCUT2D eigenvalue weighted by atomic mass is 9.79. The molecule has 0 spiro atoms. The molecule has 10 heteroatoms. The number of amides is 1. The number of hydrogen-bond donors (Lipinski definition) is 2. The van der Waals surface area contributed by atoms with E-state index >= 15 is 0 Å². The summed E-state index contributed by atoms with van der Waals surface area (Å²) in [5.74, 6) is -1.95. The molecule has 0 radical (unpaired) electrons. The number of nitrogens with two attached hydrogens (primary N) is 1. The minimum Gasteiger partial charge on any atom is -0.399 e. The van der Waals surface area contributed by atoms with Crippen LogP contribution in [0.2, 0.25) is 0 Å². The predicted molar refractivity (Wildman–Crippen MR) is 55.3 cm³/mol. The van der Waals surface area contributed by atoms with Crippen LogP contribution in [0.4, 0.5) is 0 Å². The maximum Gasteiger partial charge on any atom is 0.362 e. The highest BCUT2D eigenvalue weighted by molar-refractivity contribution is 7.84. The summed E-state index contributed by atoms with van der Waals surface area (Å²) >= 11 is 0. The highest BCUT2D eigenvalue weighted by Gasteiger charge is 2.65. The van der Waals surface area contributed by atoms with Gasteiger partial charge in [-0.25, -0.2) is 4.31 Å². The average Bonchev–Trinajstić information content (AvgIpc) is 2.19. The molecule has 1 aliphatic rings. The number of oxime groups is 1. The normalized spacial score (nSPS) is 29.3. The van der Waals surface area contributed by atoms with Crippen molar-refractivity contribution in [3.63, 3.8) is 0 Å². The Hall–Kier alpha value is -1.52. The van der Waals surface area contributed by atoms with Crippen molar-refractivity contribution in [2.24, 2.45) is 10.9 Å². The van der Waals surface area contributed by atoms with Crippen LogP contribution in [-0.4, -0.2) is 53.9 Å². The summed E-state index contributed by atoms with van der Waals surface area (Å²) in [6.45, 7) is 1.03. The maximum atomic E-state index is 11.5. The fourth-order valence-electron chi connectivity index (χ4n) is 1.46. The smallest absolute Gasteiger partial charge is 0.362 e. The van der Waals surface area contributed by atoms with Crippen LogP contribution in [-0.2, 0) is 24.7 Å². The van der Waals surface area contributed by atoms with Gasteiger partial charge < -0.3 is 10.6 Å². The van der Waals surface area contributed by atoms with E-state index in [9.17, 15) is 18.0 Å². The Morgan fingerprint density at radius 1 is 1.71 bits per heavy atom. The molecule has 1 fully saturated rings. The lowest BCUT2D eigenvalue weighted by molar-refractivity contribution is -0.152. The van der Waals surface area contributed by atoms with Gasteiger partial charge in [0.15, 0.2) is 11.3 Å². The van der Waals surface area contributed by atoms with Crippen LogP contribution in [0.15, 0.2) is 5.16 Å². The lowest BCUT2D eigenvalue weighted by Crippen LogP contribution is -2.82. The Kier molecular flexibility index (Phi) is 3.23. The summed E-state index contributed by atoms with van der Waals surface area (Å²) in [6, 6.07) is -1.40. The largest absolute Gasteiger partial charge is 0.399 e. The van der Waals surface area contributed by atoms with Crippen LogP contribution in [0.5, 0.6) is 0 Å². The number of nitrogens with zero attached hydrogens (tertiary/aromatic N) is 2. The van der Waals surface area contributed by atoms with Crippen LogP contribution in [0.25, 0.3) is 0 Å². The van der Waals surface area contributed by atoms with Gasteiger partial charge in [-0.1, -0.05) is 5.16 Å². The number of ketones is 1. The van der Waals surface area contributed by atoms with Crippen LogP contribution in [0, 0.1) is 0 Å². The summed E-state index contributed by atoms with van der Waals surface area (Å²) in [7, 11) is -3.61. The number of carbonyl (C=O) groups is 2. The van der Waals surface area contributed by atoms with E-state index in [1.165, 1.54) is 7.11 Å². The molecule has 0 aliphatic carbocycles. The molecule has 0 aromatic heterocycles. The van der Waals surface area contributed by atoms with Crippen LogP contribution in [0.3, 0.4) is 0 Å². The molecule has 2 unspecified atom stereocenters. The van der Waals surface area contributed by atoms with E-state index in [-0.39, 0.29) is 4.31 Å². The molecule has 1 saturated heterocycles.